The van der Waals surface area contributed by atoms with Crippen molar-refractivity contribution in [2.24, 2.45) is 0 Å². The Labute approximate surface area is 210 Å². The van der Waals surface area contributed by atoms with E-state index in [9.17, 15) is 14.4 Å². The normalized spacial score (nSPS) is 10.5. The van der Waals surface area contributed by atoms with Gasteiger partial charge in [-0.3, -0.25) is 19.0 Å². The quantitative estimate of drug-likeness (QED) is 0.354. The highest BCUT2D eigenvalue weighted by molar-refractivity contribution is 6.30. The molecule has 0 aliphatic heterocycles. The van der Waals surface area contributed by atoms with Gasteiger partial charge in [-0.25, -0.2) is 4.98 Å². The lowest BCUT2D eigenvalue weighted by Gasteiger charge is -2.14. The van der Waals surface area contributed by atoms with Gasteiger partial charge in [-0.05, 0) is 55.0 Å². The predicted molar refractivity (Wildman–Crippen MR) is 134 cm³/mol. The SMILES string of the molecule is CC(=O)CNC(=O)c1nnc(Nc2ccc(Oc3ccccn3)cc2)n(Cc2ccc(Cl)cc2)c1=O. The Hall–Kier alpha value is -4.57. The van der Waals surface area contributed by atoms with Gasteiger partial charge >= 0.3 is 0 Å². The summed E-state index contributed by atoms with van der Waals surface area (Å²) in [6.45, 7) is 1.20. The molecule has 2 heterocycles. The number of ether oxygens (including phenoxy) is 1. The van der Waals surface area contributed by atoms with E-state index in [1.165, 1.54) is 11.5 Å². The molecule has 2 aromatic heterocycles. The van der Waals surface area contributed by atoms with Crippen molar-refractivity contribution < 1.29 is 14.3 Å². The number of rotatable bonds is 9. The number of anilines is 2. The number of nitrogens with one attached hydrogen (secondary N) is 2. The van der Waals surface area contributed by atoms with E-state index in [0.29, 0.717) is 22.3 Å². The van der Waals surface area contributed by atoms with E-state index in [1.54, 1.807) is 66.9 Å². The number of pyridine rings is 1. The van der Waals surface area contributed by atoms with Crippen molar-refractivity contribution in [1.29, 1.82) is 0 Å². The van der Waals surface area contributed by atoms with Gasteiger partial charge in [-0.1, -0.05) is 29.8 Å². The molecule has 2 aromatic carbocycles. The first-order valence-electron chi connectivity index (χ1n) is 10.8. The van der Waals surface area contributed by atoms with Gasteiger partial charge < -0.3 is 15.4 Å². The van der Waals surface area contributed by atoms with Crippen molar-refractivity contribution in [3.8, 4) is 11.6 Å². The Bertz CT molecular complexity index is 1420. The summed E-state index contributed by atoms with van der Waals surface area (Å²) in [5.41, 5.74) is 0.274. The van der Waals surface area contributed by atoms with E-state index in [1.807, 2.05) is 6.07 Å². The lowest BCUT2D eigenvalue weighted by atomic mass is 10.2. The molecule has 0 bridgehead atoms. The van der Waals surface area contributed by atoms with Crippen molar-refractivity contribution in [3.05, 3.63) is 99.6 Å². The second kappa shape index (κ2) is 11.2. The van der Waals surface area contributed by atoms with E-state index in [0.717, 1.165) is 5.56 Å². The number of amides is 1. The maximum Gasteiger partial charge on any atom is 0.287 e. The van der Waals surface area contributed by atoms with Crippen molar-refractivity contribution >= 4 is 34.9 Å². The zero-order valence-electron chi connectivity index (χ0n) is 19.1. The van der Waals surface area contributed by atoms with Crippen LogP contribution in [0.25, 0.3) is 0 Å². The van der Waals surface area contributed by atoms with E-state index >= 15 is 0 Å². The summed E-state index contributed by atoms with van der Waals surface area (Å²) in [7, 11) is 0. The zero-order chi connectivity index (χ0) is 25.5. The van der Waals surface area contributed by atoms with Crippen LogP contribution in [0.5, 0.6) is 11.6 Å². The number of aromatic nitrogens is 4. The standard InChI is InChI=1S/C25H21ClN6O4/c1-16(33)14-28-23(34)22-24(35)32(15-17-5-7-18(26)8-6-17)25(31-30-22)29-19-9-11-20(12-10-19)36-21-4-2-3-13-27-21/h2-13H,14-15H2,1H3,(H,28,34)(H,29,31). The van der Waals surface area contributed by atoms with Crippen LogP contribution in [0.1, 0.15) is 23.0 Å². The van der Waals surface area contributed by atoms with Crippen molar-refractivity contribution in [1.82, 2.24) is 25.1 Å². The summed E-state index contributed by atoms with van der Waals surface area (Å²) in [6.07, 6.45) is 1.63. The molecule has 11 heteroatoms. The molecule has 2 N–H and O–H groups in total. The van der Waals surface area contributed by atoms with E-state index in [2.05, 4.69) is 25.8 Å². The minimum Gasteiger partial charge on any atom is -0.439 e. The number of carbonyl (C=O) groups excluding carboxylic acids is 2. The fraction of sp³-hybridized carbons (Fsp3) is 0.120. The first-order chi connectivity index (χ1) is 17.4. The van der Waals surface area contributed by atoms with Crippen LogP contribution < -0.4 is 20.9 Å². The third-order valence-electron chi connectivity index (χ3n) is 4.89. The fourth-order valence-electron chi connectivity index (χ4n) is 3.12. The molecule has 1 amide bonds. The lowest BCUT2D eigenvalue weighted by Crippen LogP contribution is -2.37. The summed E-state index contributed by atoms with van der Waals surface area (Å²) in [6, 6.07) is 19.2. The van der Waals surface area contributed by atoms with Gasteiger partial charge in [0.2, 0.25) is 17.5 Å². The molecule has 0 saturated carbocycles. The molecule has 0 radical (unpaired) electrons. The molecule has 10 nitrogen and oxygen atoms in total. The largest absolute Gasteiger partial charge is 0.439 e. The van der Waals surface area contributed by atoms with Crippen LogP contribution in [0.4, 0.5) is 11.6 Å². The predicted octanol–water partition coefficient (Wildman–Crippen LogP) is 3.59. The summed E-state index contributed by atoms with van der Waals surface area (Å²) in [4.78, 5) is 41.0. The number of carbonyl (C=O) groups is 2. The number of hydrogen-bond acceptors (Lipinski definition) is 8. The van der Waals surface area contributed by atoms with Gasteiger partial charge in [0.1, 0.15) is 11.5 Å². The molecule has 0 fully saturated rings. The molecule has 0 unspecified atom stereocenters. The Morgan fingerprint density at radius 2 is 1.75 bits per heavy atom. The highest BCUT2D eigenvalue weighted by atomic mass is 35.5. The average Bonchev–Trinajstić information content (AvgIpc) is 2.88. The second-order valence-electron chi connectivity index (χ2n) is 7.69. The highest BCUT2D eigenvalue weighted by Gasteiger charge is 2.19. The third kappa shape index (κ3) is 6.30. The zero-order valence-corrected chi connectivity index (χ0v) is 19.9. The lowest BCUT2D eigenvalue weighted by molar-refractivity contribution is -0.116. The molecule has 4 aromatic rings. The minimum absolute atomic E-state index is 0.0989. The summed E-state index contributed by atoms with van der Waals surface area (Å²) in [5, 5.41) is 13.9. The van der Waals surface area contributed by atoms with Crippen LogP contribution in [0.15, 0.2) is 77.7 Å². The first kappa shape index (κ1) is 24.6. The average molecular weight is 505 g/mol. The third-order valence-corrected chi connectivity index (χ3v) is 5.14. The first-order valence-corrected chi connectivity index (χ1v) is 11.2. The Balaban J connectivity index is 1.61. The molecule has 0 aliphatic rings. The molecule has 0 atom stereocenters. The number of halogens is 1. The molecule has 0 saturated heterocycles. The van der Waals surface area contributed by atoms with Crippen LogP contribution >= 0.6 is 11.6 Å². The van der Waals surface area contributed by atoms with Crippen LogP contribution in [0.2, 0.25) is 5.02 Å². The van der Waals surface area contributed by atoms with Gasteiger partial charge in [0.25, 0.3) is 11.5 Å². The summed E-state index contributed by atoms with van der Waals surface area (Å²) >= 11 is 5.98. The maximum atomic E-state index is 13.2. The van der Waals surface area contributed by atoms with Crippen molar-refractivity contribution in [2.75, 3.05) is 11.9 Å². The number of Topliss-reactive ketones (excluding diaryl/α,β-unsaturated/α-hetero) is 1. The molecule has 4 rings (SSSR count). The van der Waals surface area contributed by atoms with Gasteiger partial charge in [-0.15, -0.1) is 10.2 Å². The summed E-state index contributed by atoms with van der Waals surface area (Å²) in [5.74, 6) is 0.110. The van der Waals surface area contributed by atoms with E-state index in [4.69, 9.17) is 16.3 Å². The van der Waals surface area contributed by atoms with Gasteiger partial charge in [0.15, 0.2) is 0 Å². The molecule has 0 aliphatic carbocycles. The molecule has 36 heavy (non-hydrogen) atoms. The monoisotopic (exact) mass is 504 g/mol. The summed E-state index contributed by atoms with van der Waals surface area (Å²) < 4.78 is 6.98. The number of hydrogen-bond donors (Lipinski definition) is 2. The molecule has 0 spiro atoms. The van der Waals surface area contributed by atoms with Crippen LogP contribution in [-0.4, -0.2) is 38.0 Å². The van der Waals surface area contributed by atoms with Gasteiger partial charge in [0.05, 0.1) is 13.1 Å². The number of nitrogens with zero attached hydrogens (tertiary/aromatic N) is 4. The molecular formula is C25H21ClN6O4. The van der Waals surface area contributed by atoms with E-state index in [-0.39, 0.29) is 24.8 Å². The van der Waals surface area contributed by atoms with Crippen molar-refractivity contribution in [2.45, 2.75) is 13.5 Å². The number of benzene rings is 2. The van der Waals surface area contributed by atoms with E-state index < -0.39 is 17.2 Å². The molecule has 182 valence electrons. The maximum absolute atomic E-state index is 13.2. The van der Waals surface area contributed by atoms with Crippen molar-refractivity contribution in [3.63, 3.8) is 0 Å². The van der Waals surface area contributed by atoms with Crippen LogP contribution in [-0.2, 0) is 11.3 Å². The minimum atomic E-state index is -0.782. The van der Waals surface area contributed by atoms with Crippen LogP contribution in [0.3, 0.4) is 0 Å². The molecular weight excluding hydrogens is 484 g/mol. The topological polar surface area (TPSA) is 128 Å². The Morgan fingerprint density at radius 1 is 1.00 bits per heavy atom. The Morgan fingerprint density at radius 3 is 2.42 bits per heavy atom. The van der Waals surface area contributed by atoms with Gasteiger partial charge in [-0.2, -0.15) is 0 Å². The van der Waals surface area contributed by atoms with Crippen LogP contribution in [0, 0.1) is 0 Å². The second-order valence-corrected chi connectivity index (χ2v) is 8.13. The highest BCUT2D eigenvalue weighted by Crippen LogP contribution is 2.23. The fourth-order valence-corrected chi connectivity index (χ4v) is 3.25. The Kier molecular flexibility index (Phi) is 7.66. The number of ketones is 1. The smallest absolute Gasteiger partial charge is 0.287 e. The van der Waals surface area contributed by atoms with Gasteiger partial charge in [0, 0.05) is 23.0 Å².